The lowest BCUT2D eigenvalue weighted by Crippen LogP contribution is -2.28. The summed E-state index contributed by atoms with van der Waals surface area (Å²) in [6.45, 7) is 6.10. The van der Waals surface area contributed by atoms with Crippen molar-refractivity contribution in [2.75, 3.05) is 14.2 Å². The zero-order valence-electron chi connectivity index (χ0n) is 13.6. The molecule has 0 saturated carbocycles. The van der Waals surface area contributed by atoms with Crippen molar-refractivity contribution < 1.29 is 19.1 Å². The molecule has 22 heavy (non-hydrogen) atoms. The molecular formula is C17H25IO4. The van der Waals surface area contributed by atoms with Crippen LogP contribution in [0.4, 0.5) is 0 Å². The Labute approximate surface area is 146 Å². The molecule has 124 valence electrons. The predicted octanol–water partition coefficient (Wildman–Crippen LogP) is 4.04. The van der Waals surface area contributed by atoms with Gasteiger partial charge >= 0.3 is 11.9 Å². The minimum Gasteiger partial charge on any atom is -0.468 e. The van der Waals surface area contributed by atoms with Crippen LogP contribution in [-0.4, -0.2) is 26.2 Å². The Balaban J connectivity index is 2.55. The standard InChI is InChI=1S/C17H25IO4/c1-12(18)5-6-13-7-9-17(2,11-13)10-8-14(15(19)21-3)16(20)22-4/h7,9,13-14H,1,5-6,8,10-11H2,2-4H3/t13-,17+/m0/s1. The zero-order chi connectivity index (χ0) is 16.8. The molecule has 0 aromatic heterocycles. The number of ether oxygens (including phenoxy) is 2. The number of allylic oxidation sites excluding steroid dienone is 3. The Morgan fingerprint density at radius 3 is 2.45 bits per heavy atom. The molecule has 0 spiro atoms. The van der Waals surface area contributed by atoms with Crippen LogP contribution in [0.5, 0.6) is 0 Å². The first-order valence-electron chi connectivity index (χ1n) is 7.49. The Morgan fingerprint density at radius 1 is 1.36 bits per heavy atom. The van der Waals surface area contributed by atoms with Gasteiger partial charge < -0.3 is 9.47 Å². The lowest BCUT2D eigenvalue weighted by atomic mass is 9.80. The van der Waals surface area contributed by atoms with Crippen LogP contribution in [0.15, 0.2) is 22.3 Å². The second-order valence-corrected chi connectivity index (χ2v) is 7.70. The number of esters is 2. The van der Waals surface area contributed by atoms with E-state index in [0.717, 1.165) is 25.7 Å². The minimum absolute atomic E-state index is 0.0254. The molecule has 0 radical (unpaired) electrons. The molecule has 0 unspecified atom stereocenters. The van der Waals surface area contributed by atoms with Gasteiger partial charge in [-0.1, -0.05) is 25.7 Å². The summed E-state index contributed by atoms with van der Waals surface area (Å²) in [5, 5.41) is 0. The van der Waals surface area contributed by atoms with E-state index >= 15 is 0 Å². The van der Waals surface area contributed by atoms with E-state index in [9.17, 15) is 9.59 Å². The maximum atomic E-state index is 11.7. The smallest absolute Gasteiger partial charge is 0.320 e. The van der Waals surface area contributed by atoms with Gasteiger partial charge in [0.2, 0.25) is 0 Å². The van der Waals surface area contributed by atoms with E-state index in [1.807, 2.05) is 0 Å². The van der Waals surface area contributed by atoms with Crippen LogP contribution < -0.4 is 0 Å². The Hall–Kier alpha value is -0.850. The third-order valence-electron chi connectivity index (χ3n) is 4.26. The van der Waals surface area contributed by atoms with E-state index in [2.05, 4.69) is 48.2 Å². The van der Waals surface area contributed by atoms with Crippen molar-refractivity contribution in [2.24, 2.45) is 17.3 Å². The van der Waals surface area contributed by atoms with Gasteiger partial charge in [-0.05, 0) is 69.6 Å². The first kappa shape index (κ1) is 19.2. The third kappa shape index (κ3) is 5.74. The fourth-order valence-electron chi connectivity index (χ4n) is 2.92. The number of carbonyl (C=O) groups excluding carboxylic acids is 2. The minimum atomic E-state index is -0.826. The Kier molecular flexibility index (Phi) is 7.59. The summed E-state index contributed by atoms with van der Waals surface area (Å²) in [5.41, 5.74) is 0.0254. The van der Waals surface area contributed by atoms with E-state index in [4.69, 9.17) is 9.47 Å². The monoisotopic (exact) mass is 420 g/mol. The van der Waals surface area contributed by atoms with E-state index < -0.39 is 17.9 Å². The maximum absolute atomic E-state index is 11.7. The van der Waals surface area contributed by atoms with Crippen molar-refractivity contribution in [3.05, 3.63) is 22.3 Å². The van der Waals surface area contributed by atoms with Gasteiger partial charge in [-0.3, -0.25) is 9.59 Å². The fourth-order valence-corrected chi connectivity index (χ4v) is 3.23. The molecule has 0 saturated heterocycles. The third-order valence-corrected chi connectivity index (χ3v) is 4.80. The van der Waals surface area contributed by atoms with Gasteiger partial charge in [-0.25, -0.2) is 0 Å². The second-order valence-electron chi connectivity index (χ2n) is 6.17. The van der Waals surface area contributed by atoms with Gasteiger partial charge in [0.1, 0.15) is 0 Å². The number of hydrogen-bond donors (Lipinski definition) is 0. The Bertz CT molecular complexity index is 442. The lowest BCUT2D eigenvalue weighted by molar-refractivity contribution is -0.159. The molecule has 1 aliphatic rings. The zero-order valence-corrected chi connectivity index (χ0v) is 15.7. The van der Waals surface area contributed by atoms with Crippen LogP contribution in [0.3, 0.4) is 0 Å². The van der Waals surface area contributed by atoms with Gasteiger partial charge in [0.05, 0.1) is 14.2 Å². The average molecular weight is 420 g/mol. The second kappa shape index (κ2) is 8.70. The van der Waals surface area contributed by atoms with Crippen LogP contribution in [0, 0.1) is 17.3 Å². The normalized spacial score (nSPS) is 23.6. The van der Waals surface area contributed by atoms with Crippen molar-refractivity contribution in [2.45, 2.75) is 39.0 Å². The summed E-state index contributed by atoms with van der Waals surface area (Å²) < 4.78 is 10.6. The first-order chi connectivity index (χ1) is 10.3. The van der Waals surface area contributed by atoms with Gasteiger partial charge in [-0.2, -0.15) is 0 Å². The van der Waals surface area contributed by atoms with Crippen LogP contribution in [0.1, 0.15) is 39.0 Å². The summed E-state index contributed by atoms with van der Waals surface area (Å²) >= 11 is 2.26. The molecular weight excluding hydrogens is 395 g/mol. The van der Waals surface area contributed by atoms with Crippen molar-refractivity contribution in [3.63, 3.8) is 0 Å². The number of rotatable bonds is 8. The summed E-state index contributed by atoms with van der Waals surface area (Å²) in [5.74, 6) is -1.31. The van der Waals surface area contributed by atoms with Gasteiger partial charge in [-0.15, -0.1) is 0 Å². The summed E-state index contributed by atoms with van der Waals surface area (Å²) in [6.07, 6.45) is 8.87. The molecule has 1 rings (SSSR count). The van der Waals surface area contributed by atoms with E-state index in [-0.39, 0.29) is 5.41 Å². The quantitative estimate of drug-likeness (QED) is 0.258. The molecule has 5 heteroatoms. The molecule has 4 nitrogen and oxygen atoms in total. The van der Waals surface area contributed by atoms with Gasteiger partial charge in [0.25, 0.3) is 0 Å². The topological polar surface area (TPSA) is 52.6 Å². The number of carbonyl (C=O) groups is 2. The molecule has 0 bridgehead atoms. The lowest BCUT2D eigenvalue weighted by Gasteiger charge is -2.25. The van der Waals surface area contributed by atoms with Crippen LogP contribution in [0.25, 0.3) is 0 Å². The molecule has 0 aromatic rings. The number of halogens is 1. The molecule has 0 heterocycles. The summed E-state index contributed by atoms with van der Waals surface area (Å²) in [4.78, 5) is 23.4. The van der Waals surface area contributed by atoms with Crippen molar-refractivity contribution in [3.8, 4) is 0 Å². The highest BCUT2D eigenvalue weighted by Crippen LogP contribution is 2.42. The maximum Gasteiger partial charge on any atom is 0.320 e. The number of hydrogen-bond acceptors (Lipinski definition) is 4. The molecule has 0 N–H and O–H groups in total. The molecule has 0 fully saturated rings. The predicted molar refractivity (Wildman–Crippen MR) is 94.5 cm³/mol. The highest BCUT2D eigenvalue weighted by atomic mass is 127. The SMILES string of the molecule is C=C(I)CC[C@H]1C=C[C@](C)(CCC(C(=O)OC)C(=O)OC)C1. The summed E-state index contributed by atoms with van der Waals surface area (Å²) in [6, 6.07) is 0. The molecule has 0 amide bonds. The van der Waals surface area contributed by atoms with Crippen molar-refractivity contribution >= 4 is 34.5 Å². The molecule has 0 aromatic carbocycles. The average Bonchev–Trinajstić information content (AvgIpc) is 2.86. The largest absolute Gasteiger partial charge is 0.468 e. The number of methoxy groups -OCH3 is 2. The van der Waals surface area contributed by atoms with Crippen molar-refractivity contribution in [1.82, 2.24) is 0 Å². The van der Waals surface area contributed by atoms with Gasteiger partial charge in [0.15, 0.2) is 5.92 Å². The van der Waals surface area contributed by atoms with E-state index in [0.29, 0.717) is 12.3 Å². The summed E-state index contributed by atoms with van der Waals surface area (Å²) in [7, 11) is 2.59. The fraction of sp³-hybridized carbons (Fsp3) is 0.647. The highest BCUT2D eigenvalue weighted by Gasteiger charge is 2.34. The van der Waals surface area contributed by atoms with Crippen LogP contribution in [0.2, 0.25) is 0 Å². The Morgan fingerprint density at radius 2 is 1.95 bits per heavy atom. The van der Waals surface area contributed by atoms with Gasteiger partial charge in [0, 0.05) is 0 Å². The molecule has 1 aliphatic carbocycles. The molecule has 0 aliphatic heterocycles. The van der Waals surface area contributed by atoms with Crippen molar-refractivity contribution in [1.29, 1.82) is 0 Å². The van der Waals surface area contributed by atoms with E-state index in [1.165, 1.54) is 17.8 Å². The molecule has 2 atom stereocenters. The van der Waals surface area contributed by atoms with E-state index in [1.54, 1.807) is 0 Å². The van der Waals surface area contributed by atoms with Crippen LogP contribution in [-0.2, 0) is 19.1 Å². The highest BCUT2D eigenvalue weighted by molar-refractivity contribution is 14.1. The first-order valence-corrected chi connectivity index (χ1v) is 8.57. The van der Waals surface area contributed by atoms with Crippen LogP contribution >= 0.6 is 22.6 Å².